The normalized spacial score (nSPS) is 16.3. The molecule has 1 atom stereocenters. The van der Waals surface area contributed by atoms with Crippen molar-refractivity contribution in [3.8, 4) is 0 Å². The van der Waals surface area contributed by atoms with Gasteiger partial charge in [-0.3, -0.25) is 4.79 Å². The fraction of sp³-hybridized carbons (Fsp3) is 0.429. The first-order valence-electron chi connectivity index (χ1n) is 9.90. The maximum absolute atomic E-state index is 12.7. The third-order valence-electron chi connectivity index (χ3n) is 5.02. The summed E-state index contributed by atoms with van der Waals surface area (Å²) in [5, 5.41) is 2.85. The van der Waals surface area contributed by atoms with Crippen molar-refractivity contribution in [2.45, 2.75) is 37.6 Å². The summed E-state index contributed by atoms with van der Waals surface area (Å²) >= 11 is 0. The van der Waals surface area contributed by atoms with Crippen LogP contribution in [0.4, 0.5) is 5.69 Å². The number of hydrogen-bond acceptors (Lipinski definition) is 4. The summed E-state index contributed by atoms with van der Waals surface area (Å²) in [7, 11) is -3.54. The van der Waals surface area contributed by atoms with E-state index in [4.69, 9.17) is 4.74 Å². The van der Waals surface area contributed by atoms with E-state index in [1.807, 2.05) is 36.0 Å². The lowest BCUT2D eigenvalue weighted by molar-refractivity contribution is -0.705. The summed E-state index contributed by atoms with van der Waals surface area (Å²) < 4.78 is 33.8. The molecule has 0 saturated carbocycles. The Kier molecular flexibility index (Phi) is 7.00. The third-order valence-corrected chi connectivity index (χ3v) is 6.93. The summed E-state index contributed by atoms with van der Waals surface area (Å²) in [5.74, 6) is -0.165. The molecule has 2 aromatic rings. The molecule has 1 saturated heterocycles. The van der Waals surface area contributed by atoms with Crippen LogP contribution in [0.1, 0.15) is 31.9 Å². The van der Waals surface area contributed by atoms with Crippen LogP contribution in [0.3, 0.4) is 0 Å². The number of aromatic nitrogens is 1. The zero-order valence-corrected chi connectivity index (χ0v) is 17.7. The molecule has 29 heavy (non-hydrogen) atoms. The van der Waals surface area contributed by atoms with Gasteiger partial charge in [0.2, 0.25) is 16.1 Å². The number of ether oxygens (including phenoxy) is 1. The van der Waals surface area contributed by atoms with Crippen LogP contribution in [0.5, 0.6) is 0 Å². The maximum Gasteiger partial charge on any atom is 0.293 e. The molecule has 0 bridgehead atoms. The predicted molar refractivity (Wildman–Crippen MR) is 110 cm³/mol. The van der Waals surface area contributed by atoms with Crippen LogP contribution in [-0.4, -0.2) is 44.9 Å². The quantitative estimate of drug-likeness (QED) is 0.699. The second kappa shape index (κ2) is 9.47. The van der Waals surface area contributed by atoms with Gasteiger partial charge in [0.15, 0.2) is 12.4 Å². The van der Waals surface area contributed by atoms with E-state index in [2.05, 4.69) is 12.2 Å². The lowest BCUT2D eigenvalue weighted by Gasteiger charge is -2.26. The van der Waals surface area contributed by atoms with Gasteiger partial charge >= 0.3 is 0 Å². The first-order valence-corrected chi connectivity index (χ1v) is 11.3. The van der Waals surface area contributed by atoms with E-state index in [9.17, 15) is 13.2 Å². The highest BCUT2D eigenvalue weighted by molar-refractivity contribution is 7.89. The minimum Gasteiger partial charge on any atom is -0.379 e. The van der Waals surface area contributed by atoms with Gasteiger partial charge in [0.05, 0.1) is 18.1 Å². The molecule has 1 fully saturated rings. The van der Waals surface area contributed by atoms with Crippen LogP contribution in [0.2, 0.25) is 0 Å². The second-order valence-corrected chi connectivity index (χ2v) is 9.05. The number of amides is 1. The van der Waals surface area contributed by atoms with E-state index in [0.717, 1.165) is 12.8 Å². The smallest absolute Gasteiger partial charge is 0.293 e. The Labute approximate surface area is 172 Å². The average molecular weight is 419 g/mol. The molecule has 2 heterocycles. The van der Waals surface area contributed by atoms with Crippen LogP contribution < -0.4 is 9.88 Å². The highest BCUT2D eigenvalue weighted by Crippen LogP contribution is 2.19. The van der Waals surface area contributed by atoms with Crippen molar-refractivity contribution in [2.75, 3.05) is 31.6 Å². The fourth-order valence-electron chi connectivity index (χ4n) is 3.21. The molecule has 0 spiro atoms. The number of hydrogen-bond donors (Lipinski definition) is 1. The minimum absolute atomic E-state index is 0.165. The number of benzene rings is 1. The van der Waals surface area contributed by atoms with Gasteiger partial charge in [-0.15, -0.1) is 0 Å². The van der Waals surface area contributed by atoms with Gasteiger partial charge in [-0.25, -0.2) is 8.42 Å². The summed E-state index contributed by atoms with van der Waals surface area (Å²) in [5.41, 5.74) is 1.81. The van der Waals surface area contributed by atoms with E-state index in [1.165, 1.54) is 22.0 Å². The molecule has 1 aromatic carbocycles. The van der Waals surface area contributed by atoms with E-state index < -0.39 is 10.0 Å². The van der Waals surface area contributed by atoms with E-state index in [1.54, 1.807) is 12.1 Å². The van der Waals surface area contributed by atoms with Gasteiger partial charge in [-0.1, -0.05) is 13.3 Å². The van der Waals surface area contributed by atoms with Crippen LogP contribution in [0.15, 0.2) is 53.7 Å². The van der Waals surface area contributed by atoms with Gasteiger partial charge in [-0.2, -0.15) is 8.87 Å². The first kappa shape index (κ1) is 21.4. The Morgan fingerprint density at radius 3 is 2.34 bits per heavy atom. The van der Waals surface area contributed by atoms with Crippen molar-refractivity contribution in [2.24, 2.45) is 0 Å². The average Bonchev–Trinajstić information content (AvgIpc) is 2.75. The molecule has 1 N–H and O–H groups in total. The Bertz CT molecular complexity index is 921. The monoisotopic (exact) mass is 418 g/mol. The summed E-state index contributed by atoms with van der Waals surface area (Å²) in [6, 6.07) is 9.95. The number of nitrogens with zero attached hydrogens (tertiary/aromatic N) is 2. The topological polar surface area (TPSA) is 79.6 Å². The van der Waals surface area contributed by atoms with Gasteiger partial charge in [0.1, 0.15) is 0 Å². The third kappa shape index (κ3) is 5.20. The largest absolute Gasteiger partial charge is 0.379 e. The summed E-state index contributed by atoms with van der Waals surface area (Å²) in [6.07, 6.45) is 5.92. The zero-order valence-electron chi connectivity index (χ0n) is 16.9. The summed E-state index contributed by atoms with van der Waals surface area (Å²) in [4.78, 5) is 12.8. The minimum atomic E-state index is -3.54. The molecule has 1 aliphatic heterocycles. The molecule has 7 nitrogen and oxygen atoms in total. The second-order valence-electron chi connectivity index (χ2n) is 7.11. The number of nitrogens with one attached hydrogen (secondary N) is 1. The van der Waals surface area contributed by atoms with Gasteiger partial charge in [0.25, 0.3) is 5.91 Å². The molecular weight excluding hydrogens is 390 g/mol. The number of sulfonamides is 1. The number of carbonyl (C=O) groups is 1. The summed E-state index contributed by atoms with van der Waals surface area (Å²) in [6.45, 7) is 5.48. The Balaban J connectivity index is 1.64. The number of morpholine rings is 1. The van der Waals surface area contributed by atoms with Crippen molar-refractivity contribution in [1.29, 1.82) is 0 Å². The Morgan fingerprint density at radius 1 is 1.14 bits per heavy atom. The van der Waals surface area contributed by atoms with Gasteiger partial charge in [-0.05, 0) is 36.2 Å². The van der Waals surface area contributed by atoms with Crippen LogP contribution in [0.25, 0.3) is 0 Å². The molecule has 1 aromatic heterocycles. The number of pyridine rings is 1. The number of rotatable bonds is 7. The van der Waals surface area contributed by atoms with Gasteiger partial charge in [0, 0.05) is 37.8 Å². The molecule has 1 amide bonds. The van der Waals surface area contributed by atoms with Crippen LogP contribution >= 0.6 is 0 Å². The number of aryl methyl sites for hydroxylation is 1. The first-order chi connectivity index (χ1) is 13.9. The van der Waals surface area contributed by atoms with Crippen molar-refractivity contribution in [1.82, 2.24) is 4.31 Å². The zero-order chi connectivity index (χ0) is 20.9. The lowest BCUT2D eigenvalue weighted by Crippen LogP contribution is -2.44. The number of anilines is 1. The van der Waals surface area contributed by atoms with Crippen molar-refractivity contribution in [3.05, 3.63) is 54.4 Å². The van der Waals surface area contributed by atoms with Gasteiger partial charge < -0.3 is 10.1 Å². The maximum atomic E-state index is 12.7. The molecule has 3 rings (SSSR count). The van der Waals surface area contributed by atoms with Crippen molar-refractivity contribution >= 4 is 21.6 Å². The predicted octanol–water partition coefficient (Wildman–Crippen LogP) is 2.15. The SMILES string of the molecule is CCCc1cc[n+]([C@@H](C)C(=O)Nc2ccc(S(=O)(=O)N3CCOCC3)cc2)cc1. The van der Waals surface area contributed by atoms with Crippen molar-refractivity contribution < 1.29 is 22.5 Å². The Morgan fingerprint density at radius 2 is 1.76 bits per heavy atom. The van der Waals surface area contributed by atoms with Crippen molar-refractivity contribution in [3.63, 3.8) is 0 Å². The molecule has 1 aliphatic rings. The highest BCUT2D eigenvalue weighted by atomic mass is 32.2. The molecule has 0 radical (unpaired) electrons. The molecule has 0 aliphatic carbocycles. The van der Waals surface area contributed by atoms with E-state index in [-0.39, 0.29) is 16.8 Å². The van der Waals surface area contributed by atoms with E-state index >= 15 is 0 Å². The van der Waals surface area contributed by atoms with Crippen LogP contribution in [0, 0.1) is 0 Å². The standard InChI is InChI=1S/C21H27N3O4S/c1-3-4-18-9-11-23(12-10-18)17(2)21(25)22-19-5-7-20(8-6-19)29(26,27)24-13-15-28-16-14-24/h5-12,17H,3-4,13-16H2,1-2H3/p+1/t17-/m0/s1. The Hall–Kier alpha value is -2.29. The molecule has 0 unspecified atom stereocenters. The highest BCUT2D eigenvalue weighted by Gasteiger charge is 2.26. The number of carbonyl (C=O) groups excluding carboxylic acids is 1. The molecule has 8 heteroatoms. The molecule has 156 valence electrons. The molecular formula is C21H28N3O4S+. The van der Waals surface area contributed by atoms with Crippen LogP contribution in [-0.2, 0) is 26.0 Å². The van der Waals surface area contributed by atoms with E-state index in [0.29, 0.717) is 32.0 Å². The lowest BCUT2D eigenvalue weighted by atomic mass is 10.1. The fourth-order valence-corrected chi connectivity index (χ4v) is 4.62.